The van der Waals surface area contributed by atoms with Gasteiger partial charge in [-0.3, -0.25) is 0 Å². The summed E-state index contributed by atoms with van der Waals surface area (Å²) in [5.41, 5.74) is 0. The monoisotopic (exact) mass is 498 g/mol. The molecule has 0 aliphatic heterocycles. The molecule has 0 fully saturated rings. The van der Waals surface area contributed by atoms with Crippen LogP contribution in [0.3, 0.4) is 0 Å². The third kappa shape index (κ3) is 4.38. The van der Waals surface area contributed by atoms with Gasteiger partial charge in [0, 0.05) is 0 Å². The van der Waals surface area contributed by atoms with E-state index in [1.54, 1.807) is 23.5 Å². The molecule has 0 amide bonds. The van der Waals surface area contributed by atoms with Crippen molar-refractivity contribution in [3.63, 3.8) is 0 Å². The van der Waals surface area contributed by atoms with E-state index in [9.17, 15) is 0 Å². The number of para-hydroxylation sites is 2. The molecule has 29 heavy (non-hydrogen) atoms. The van der Waals surface area contributed by atoms with Gasteiger partial charge in [-0.05, 0) is 0 Å². The molecule has 2 aliphatic carbocycles. The molecular weight excluding hydrogens is 476 g/mol. The molecule has 0 atom stereocenters. The minimum atomic E-state index is -3.88. The van der Waals surface area contributed by atoms with Crippen LogP contribution < -0.4 is 5.63 Å². The molecule has 0 saturated heterocycles. The van der Waals surface area contributed by atoms with Crippen LogP contribution in [0.25, 0.3) is 0 Å². The molecule has 2 aliphatic rings. The van der Waals surface area contributed by atoms with Gasteiger partial charge in [0.25, 0.3) is 0 Å². The fourth-order valence-electron chi connectivity index (χ4n) is 3.67. The van der Waals surface area contributed by atoms with Gasteiger partial charge >= 0.3 is 188 Å². The van der Waals surface area contributed by atoms with E-state index in [4.69, 9.17) is 5.63 Å². The van der Waals surface area contributed by atoms with Crippen LogP contribution in [0, 0.1) is 0 Å². The Morgan fingerprint density at radius 2 is 1.00 bits per heavy atom. The zero-order valence-corrected chi connectivity index (χ0v) is 20.6. The second-order valence-electron chi connectivity index (χ2n) is 6.82. The van der Waals surface area contributed by atoms with E-state index in [0.717, 1.165) is 21.3 Å². The van der Waals surface area contributed by atoms with Crippen LogP contribution >= 0.6 is 23.5 Å². The first-order chi connectivity index (χ1) is 14.3. The molecule has 2 nitrogen and oxygen atoms in total. The van der Waals surface area contributed by atoms with E-state index in [1.807, 2.05) is 12.1 Å². The summed E-state index contributed by atoms with van der Waals surface area (Å²) in [6.07, 6.45) is 21.7. The average molecular weight is 500 g/mol. The topological polar surface area (TPSA) is 18.5 Å². The predicted molar refractivity (Wildman–Crippen MR) is 122 cm³/mol. The van der Waals surface area contributed by atoms with Gasteiger partial charge in [-0.2, -0.15) is 0 Å². The van der Waals surface area contributed by atoms with Gasteiger partial charge in [-0.15, -0.1) is 0 Å². The molecule has 5 heteroatoms. The van der Waals surface area contributed by atoms with Crippen molar-refractivity contribution < 1.29 is 26.8 Å². The summed E-state index contributed by atoms with van der Waals surface area (Å²) in [5, 5.41) is 0. The Balaban J connectivity index is 1.84. The predicted octanol–water partition coefficient (Wildman–Crippen LogP) is 7.40. The van der Waals surface area contributed by atoms with Crippen LogP contribution in [0.2, 0.25) is 7.25 Å². The summed E-state index contributed by atoms with van der Waals surface area (Å²) < 4.78 is 14.5. The molecule has 0 N–H and O–H groups in total. The molecule has 148 valence electrons. The van der Waals surface area contributed by atoms with Crippen LogP contribution in [0.15, 0.2) is 107 Å². The van der Waals surface area contributed by atoms with E-state index in [-0.39, 0.29) is 7.25 Å². The van der Waals surface area contributed by atoms with Crippen LogP contribution in [0.1, 0.15) is 0 Å². The Bertz CT molecular complexity index is 877. The number of thioether (sulfide) groups is 2. The normalized spacial score (nSPS) is 16.1. The molecule has 0 bridgehead atoms. The number of benzene rings is 2. The van der Waals surface area contributed by atoms with Crippen molar-refractivity contribution in [2.45, 2.75) is 17.0 Å². The molecule has 2 aromatic rings. The molecule has 0 aromatic heterocycles. The summed E-state index contributed by atoms with van der Waals surface area (Å²) in [7, 11) is 0. The molecule has 4 rings (SSSR count). The van der Waals surface area contributed by atoms with E-state index < -0.39 is 21.1 Å². The van der Waals surface area contributed by atoms with Gasteiger partial charge in [0.15, 0.2) is 0 Å². The Hall–Kier alpha value is -1.42. The first-order valence-electron chi connectivity index (χ1n) is 9.61. The van der Waals surface area contributed by atoms with Crippen molar-refractivity contribution in [3.8, 4) is 11.5 Å². The second-order valence-corrected chi connectivity index (χ2v) is 16.3. The van der Waals surface area contributed by atoms with E-state index in [0.29, 0.717) is 0 Å². The van der Waals surface area contributed by atoms with Crippen LogP contribution in [-0.4, -0.2) is 12.5 Å². The second kappa shape index (κ2) is 9.59. The molecule has 2 aromatic carbocycles. The number of allylic oxidation sites excluding steroid dienone is 8. The average Bonchev–Trinajstić information content (AvgIpc) is 3.48. The van der Waals surface area contributed by atoms with Gasteiger partial charge in [0.1, 0.15) is 0 Å². The van der Waals surface area contributed by atoms with Gasteiger partial charge in [-0.1, -0.05) is 0 Å². The summed E-state index contributed by atoms with van der Waals surface area (Å²) in [6.45, 7) is 0. The SMILES string of the molecule is CSc1ccccc1[O][Zr]([O]c1ccccc1SC)([CH]1C=CC=C1)[CH]1C=CC=C1. The first kappa shape index (κ1) is 20.8. The van der Waals surface area contributed by atoms with E-state index >= 15 is 0 Å². The van der Waals surface area contributed by atoms with Gasteiger partial charge in [0.2, 0.25) is 0 Å². The van der Waals surface area contributed by atoms with Crippen molar-refractivity contribution in [2.75, 3.05) is 12.5 Å². The number of rotatable bonds is 8. The fraction of sp³-hybridized carbons (Fsp3) is 0.167. The van der Waals surface area contributed by atoms with Crippen molar-refractivity contribution in [2.24, 2.45) is 0 Å². The third-order valence-electron chi connectivity index (χ3n) is 5.10. The standard InChI is InChI=1S/2C7H8OS.2C5H5.Zr/c2*1-9-7-5-3-2-4-6(7)8;2*1-2-4-5-3-1;/h2*2-5,8H,1H3;2*1-5H;/q;;;;+2/p-2. The molecule has 0 unspecified atom stereocenters. The van der Waals surface area contributed by atoms with Crippen LogP contribution in [-0.2, 0) is 21.1 Å². The molecule has 0 saturated carbocycles. The summed E-state index contributed by atoms with van der Waals surface area (Å²) in [5.74, 6) is 1.86. The van der Waals surface area contributed by atoms with Crippen molar-refractivity contribution in [1.29, 1.82) is 0 Å². The van der Waals surface area contributed by atoms with Crippen molar-refractivity contribution in [3.05, 3.63) is 97.1 Å². The Morgan fingerprint density at radius 3 is 1.38 bits per heavy atom. The Labute approximate surface area is 187 Å². The fourth-order valence-corrected chi connectivity index (χ4v) is 13.9. The summed E-state index contributed by atoms with van der Waals surface area (Å²) >= 11 is -0.457. The molecular formula is C24H24O2S2Zr. The van der Waals surface area contributed by atoms with Crippen molar-refractivity contribution >= 4 is 23.5 Å². The number of hydrogen-bond acceptors (Lipinski definition) is 4. The molecule has 0 spiro atoms. The zero-order valence-electron chi connectivity index (χ0n) is 16.5. The van der Waals surface area contributed by atoms with E-state index in [1.165, 1.54) is 0 Å². The minimum absolute atomic E-state index is 0.187. The quantitative estimate of drug-likeness (QED) is 0.352. The van der Waals surface area contributed by atoms with E-state index in [2.05, 4.69) is 97.5 Å². The maximum atomic E-state index is 7.05. The number of hydrogen-bond donors (Lipinski definition) is 0. The first-order valence-corrected chi connectivity index (χ1v) is 16.9. The maximum absolute atomic E-state index is 7.05. The third-order valence-corrected chi connectivity index (χ3v) is 15.8. The molecule has 0 radical (unpaired) electrons. The molecule has 0 heterocycles. The Morgan fingerprint density at radius 1 is 0.621 bits per heavy atom. The summed E-state index contributed by atoms with van der Waals surface area (Å²) in [4.78, 5) is 2.29. The van der Waals surface area contributed by atoms with Gasteiger partial charge in [-0.25, -0.2) is 0 Å². The van der Waals surface area contributed by atoms with Crippen LogP contribution in [0.5, 0.6) is 11.5 Å². The van der Waals surface area contributed by atoms with Gasteiger partial charge < -0.3 is 0 Å². The van der Waals surface area contributed by atoms with Gasteiger partial charge in [0.05, 0.1) is 0 Å². The van der Waals surface area contributed by atoms with Crippen molar-refractivity contribution in [1.82, 2.24) is 0 Å². The zero-order chi connectivity index (χ0) is 20.1. The van der Waals surface area contributed by atoms with Crippen LogP contribution in [0.4, 0.5) is 0 Å². The Kier molecular flexibility index (Phi) is 6.89. The summed E-state index contributed by atoms with van der Waals surface area (Å²) in [6, 6.07) is 16.6.